The molecule has 86 valence electrons. The molecular weight excluding hydrogens is 246 g/mol. The second-order valence-electron chi connectivity index (χ2n) is 3.37. The quantitative estimate of drug-likeness (QED) is 0.767. The monoisotopic (exact) mass is 257 g/mol. The van der Waals surface area contributed by atoms with E-state index in [1.165, 1.54) is 11.3 Å². The molecule has 1 unspecified atom stereocenters. The standard InChI is InChI=1S/C10H12ClN3OS/c11-10-2-1-9(16-10)8(15)6-12-5-7-3-4-13-14-7/h1-4,8,12,15H,5-6H2,(H,13,14). The Hall–Kier alpha value is -0.880. The van der Waals surface area contributed by atoms with Gasteiger partial charge in [0, 0.05) is 29.9 Å². The number of aliphatic hydroxyl groups is 1. The van der Waals surface area contributed by atoms with Crippen LogP contribution in [-0.4, -0.2) is 21.8 Å². The molecule has 0 amide bonds. The molecule has 2 heterocycles. The fourth-order valence-electron chi connectivity index (χ4n) is 1.33. The van der Waals surface area contributed by atoms with E-state index in [0.29, 0.717) is 17.4 Å². The zero-order valence-electron chi connectivity index (χ0n) is 8.48. The Morgan fingerprint density at radius 1 is 1.50 bits per heavy atom. The molecule has 2 rings (SSSR count). The van der Waals surface area contributed by atoms with E-state index >= 15 is 0 Å². The fraction of sp³-hybridized carbons (Fsp3) is 0.300. The van der Waals surface area contributed by atoms with E-state index in [2.05, 4.69) is 15.5 Å². The second-order valence-corrected chi connectivity index (χ2v) is 5.12. The van der Waals surface area contributed by atoms with Crippen LogP contribution in [0.4, 0.5) is 0 Å². The number of thiophene rings is 1. The minimum Gasteiger partial charge on any atom is -0.386 e. The minimum atomic E-state index is -0.513. The van der Waals surface area contributed by atoms with Crippen molar-refractivity contribution < 1.29 is 5.11 Å². The van der Waals surface area contributed by atoms with Crippen molar-refractivity contribution >= 4 is 22.9 Å². The van der Waals surface area contributed by atoms with Gasteiger partial charge in [0.2, 0.25) is 0 Å². The van der Waals surface area contributed by atoms with Crippen LogP contribution in [0.3, 0.4) is 0 Å². The summed E-state index contributed by atoms with van der Waals surface area (Å²) in [6, 6.07) is 5.52. The van der Waals surface area contributed by atoms with Gasteiger partial charge in [-0.15, -0.1) is 11.3 Å². The molecule has 16 heavy (non-hydrogen) atoms. The molecule has 0 bridgehead atoms. The van der Waals surface area contributed by atoms with Crippen molar-refractivity contribution in [2.45, 2.75) is 12.6 Å². The van der Waals surface area contributed by atoms with Crippen LogP contribution < -0.4 is 5.32 Å². The summed E-state index contributed by atoms with van der Waals surface area (Å²) in [4.78, 5) is 0.877. The van der Waals surface area contributed by atoms with Gasteiger partial charge in [-0.25, -0.2) is 0 Å². The first-order chi connectivity index (χ1) is 7.75. The maximum absolute atomic E-state index is 9.83. The summed E-state index contributed by atoms with van der Waals surface area (Å²) >= 11 is 7.19. The van der Waals surface area contributed by atoms with E-state index in [4.69, 9.17) is 11.6 Å². The third-order valence-corrected chi connectivity index (χ3v) is 3.47. The number of rotatable bonds is 5. The van der Waals surface area contributed by atoms with Crippen LogP contribution in [0.2, 0.25) is 4.34 Å². The number of nitrogens with zero attached hydrogens (tertiary/aromatic N) is 1. The smallest absolute Gasteiger partial charge is 0.101 e. The van der Waals surface area contributed by atoms with Crippen LogP contribution in [-0.2, 0) is 6.54 Å². The molecule has 3 N–H and O–H groups in total. The zero-order valence-corrected chi connectivity index (χ0v) is 10.1. The summed E-state index contributed by atoms with van der Waals surface area (Å²) in [6.07, 6.45) is 1.19. The van der Waals surface area contributed by atoms with Crippen molar-refractivity contribution in [1.82, 2.24) is 15.5 Å². The van der Waals surface area contributed by atoms with E-state index < -0.39 is 6.10 Å². The van der Waals surface area contributed by atoms with E-state index in [9.17, 15) is 5.11 Å². The van der Waals surface area contributed by atoms with E-state index in [1.807, 2.05) is 12.1 Å². The van der Waals surface area contributed by atoms with Crippen molar-refractivity contribution in [3.8, 4) is 0 Å². The molecule has 6 heteroatoms. The molecule has 0 aliphatic heterocycles. The summed E-state index contributed by atoms with van der Waals surface area (Å²) < 4.78 is 0.697. The van der Waals surface area contributed by atoms with Crippen LogP contribution >= 0.6 is 22.9 Å². The highest BCUT2D eigenvalue weighted by Crippen LogP contribution is 2.26. The minimum absolute atomic E-state index is 0.496. The van der Waals surface area contributed by atoms with Crippen molar-refractivity contribution in [2.75, 3.05) is 6.54 Å². The Balaban J connectivity index is 1.78. The van der Waals surface area contributed by atoms with Crippen LogP contribution in [0.25, 0.3) is 0 Å². The molecule has 1 atom stereocenters. The number of aromatic nitrogens is 2. The van der Waals surface area contributed by atoms with Gasteiger partial charge in [0.25, 0.3) is 0 Å². The van der Waals surface area contributed by atoms with Gasteiger partial charge in [-0.1, -0.05) is 11.6 Å². The molecule has 0 saturated heterocycles. The summed E-state index contributed by atoms with van der Waals surface area (Å²) in [5, 5.41) is 19.6. The molecule has 4 nitrogen and oxygen atoms in total. The predicted molar refractivity (Wildman–Crippen MR) is 64.6 cm³/mol. The molecule has 0 radical (unpaired) electrons. The van der Waals surface area contributed by atoms with Gasteiger partial charge in [-0.3, -0.25) is 5.10 Å². The molecule has 0 aliphatic carbocycles. The Kier molecular flexibility index (Phi) is 3.95. The highest BCUT2D eigenvalue weighted by molar-refractivity contribution is 7.16. The van der Waals surface area contributed by atoms with E-state index in [1.54, 1.807) is 12.3 Å². The van der Waals surface area contributed by atoms with Crippen molar-refractivity contribution in [1.29, 1.82) is 0 Å². The Morgan fingerprint density at radius 3 is 3.00 bits per heavy atom. The largest absolute Gasteiger partial charge is 0.386 e. The molecule has 2 aromatic heterocycles. The average molecular weight is 258 g/mol. The van der Waals surface area contributed by atoms with Gasteiger partial charge in [0.15, 0.2) is 0 Å². The topological polar surface area (TPSA) is 60.9 Å². The lowest BCUT2D eigenvalue weighted by Crippen LogP contribution is -2.20. The Bertz CT molecular complexity index is 429. The Labute approximate surface area is 102 Å². The summed E-state index contributed by atoms with van der Waals surface area (Å²) in [6.45, 7) is 1.16. The predicted octanol–water partition coefficient (Wildman–Crippen LogP) is 1.95. The van der Waals surface area contributed by atoms with E-state index in [-0.39, 0.29) is 0 Å². The molecule has 0 fully saturated rings. The van der Waals surface area contributed by atoms with Crippen molar-refractivity contribution in [3.05, 3.63) is 39.3 Å². The molecule has 0 saturated carbocycles. The highest BCUT2D eigenvalue weighted by atomic mass is 35.5. The normalized spacial score (nSPS) is 12.9. The SMILES string of the molecule is OC(CNCc1ccn[nH]1)c1ccc(Cl)s1. The lowest BCUT2D eigenvalue weighted by atomic mass is 10.3. The first-order valence-electron chi connectivity index (χ1n) is 4.88. The number of aliphatic hydroxyl groups excluding tert-OH is 1. The maximum atomic E-state index is 9.83. The fourth-order valence-corrected chi connectivity index (χ4v) is 2.38. The summed E-state index contributed by atoms with van der Waals surface area (Å²) in [5.41, 5.74) is 0.997. The van der Waals surface area contributed by atoms with Crippen LogP contribution in [0.15, 0.2) is 24.4 Å². The number of halogens is 1. The molecular formula is C10H12ClN3OS. The summed E-state index contributed by atoms with van der Waals surface area (Å²) in [7, 11) is 0. The van der Waals surface area contributed by atoms with Gasteiger partial charge in [-0.2, -0.15) is 5.10 Å². The third-order valence-electron chi connectivity index (χ3n) is 2.13. The molecule has 0 aliphatic rings. The number of H-pyrrole nitrogens is 1. The van der Waals surface area contributed by atoms with Gasteiger partial charge in [0.1, 0.15) is 6.10 Å². The highest BCUT2D eigenvalue weighted by Gasteiger charge is 2.09. The first kappa shape index (κ1) is 11.6. The van der Waals surface area contributed by atoms with Crippen LogP contribution in [0, 0.1) is 0 Å². The maximum Gasteiger partial charge on any atom is 0.101 e. The van der Waals surface area contributed by atoms with Gasteiger partial charge < -0.3 is 10.4 Å². The third kappa shape index (κ3) is 3.05. The number of hydrogen-bond acceptors (Lipinski definition) is 4. The van der Waals surface area contributed by atoms with E-state index in [0.717, 1.165) is 10.6 Å². The number of nitrogens with one attached hydrogen (secondary N) is 2. The molecule has 2 aromatic rings. The lowest BCUT2D eigenvalue weighted by molar-refractivity contribution is 0.178. The average Bonchev–Trinajstić information content (AvgIpc) is 2.89. The van der Waals surface area contributed by atoms with Crippen molar-refractivity contribution in [3.63, 3.8) is 0 Å². The van der Waals surface area contributed by atoms with Gasteiger partial charge in [0.05, 0.1) is 4.34 Å². The second kappa shape index (κ2) is 5.45. The molecule has 0 aromatic carbocycles. The number of aromatic amines is 1. The first-order valence-corrected chi connectivity index (χ1v) is 6.07. The Morgan fingerprint density at radius 2 is 2.38 bits per heavy atom. The lowest BCUT2D eigenvalue weighted by Gasteiger charge is -2.08. The molecule has 0 spiro atoms. The number of hydrogen-bond donors (Lipinski definition) is 3. The summed E-state index contributed by atoms with van der Waals surface area (Å²) in [5.74, 6) is 0. The van der Waals surface area contributed by atoms with Gasteiger partial charge >= 0.3 is 0 Å². The zero-order chi connectivity index (χ0) is 11.4. The van der Waals surface area contributed by atoms with Gasteiger partial charge in [-0.05, 0) is 18.2 Å². The van der Waals surface area contributed by atoms with Crippen LogP contribution in [0.1, 0.15) is 16.7 Å². The van der Waals surface area contributed by atoms with Crippen LogP contribution in [0.5, 0.6) is 0 Å². The van der Waals surface area contributed by atoms with Crippen molar-refractivity contribution in [2.24, 2.45) is 0 Å².